The zero-order valence-corrected chi connectivity index (χ0v) is 10.7. The van der Waals surface area contributed by atoms with Gasteiger partial charge in [-0.15, -0.1) is 5.11 Å². The van der Waals surface area contributed by atoms with Crippen LogP contribution in [0.3, 0.4) is 0 Å². The van der Waals surface area contributed by atoms with Crippen molar-refractivity contribution in [1.29, 1.82) is 0 Å². The van der Waals surface area contributed by atoms with Gasteiger partial charge in [0.1, 0.15) is 12.3 Å². The third kappa shape index (κ3) is 3.81. The second-order valence-electron chi connectivity index (χ2n) is 3.88. The maximum Gasteiger partial charge on any atom is 0.351 e. The van der Waals surface area contributed by atoms with E-state index in [0.29, 0.717) is 5.56 Å². The number of ether oxygens (including phenoxy) is 1. The largest absolute Gasteiger partial charge is 0.394 e. The number of nitrogens with two attached hydrogens (primary N) is 1. The molecular formula is C10H17N5O4. The van der Waals surface area contributed by atoms with Crippen molar-refractivity contribution in [3.63, 3.8) is 0 Å². The van der Waals surface area contributed by atoms with Crippen LogP contribution >= 0.6 is 0 Å². The molecule has 1 atom stereocenters. The molecular weight excluding hydrogens is 254 g/mol. The Balaban J connectivity index is 3.01. The van der Waals surface area contributed by atoms with E-state index in [1.165, 1.54) is 10.8 Å². The molecule has 0 aliphatic carbocycles. The smallest absolute Gasteiger partial charge is 0.351 e. The minimum atomic E-state index is -0.759. The summed E-state index contributed by atoms with van der Waals surface area (Å²) in [6.07, 6.45) is 0.0491. The topological polar surface area (TPSA) is 135 Å². The Morgan fingerprint density at radius 3 is 2.68 bits per heavy atom. The molecule has 0 saturated carbocycles. The summed E-state index contributed by atoms with van der Waals surface area (Å²) in [6, 6.07) is 0. The van der Waals surface area contributed by atoms with Gasteiger partial charge in [0.15, 0.2) is 5.82 Å². The number of aromatic nitrogens is 2. The van der Waals surface area contributed by atoms with Gasteiger partial charge >= 0.3 is 5.69 Å². The molecule has 1 rings (SSSR count). The minimum Gasteiger partial charge on any atom is -0.394 e. The van der Waals surface area contributed by atoms with Crippen molar-refractivity contribution in [2.75, 3.05) is 13.2 Å². The van der Waals surface area contributed by atoms with Crippen LogP contribution in [0.5, 0.6) is 0 Å². The molecule has 0 saturated heterocycles. The second-order valence-corrected chi connectivity index (χ2v) is 3.88. The molecule has 0 aliphatic rings. The fourth-order valence-electron chi connectivity index (χ4n) is 1.46. The molecule has 0 aromatic carbocycles. The van der Waals surface area contributed by atoms with Gasteiger partial charge in [-0.05, 0) is 13.8 Å². The Labute approximate surface area is 109 Å². The van der Waals surface area contributed by atoms with E-state index < -0.39 is 18.0 Å². The first-order valence-electron chi connectivity index (χ1n) is 5.61. The van der Waals surface area contributed by atoms with E-state index in [2.05, 4.69) is 15.3 Å². The zero-order valence-electron chi connectivity index (χ0n) is 10.7. The van der Waals surface area contributed by atoms with Gasteiger partial charge < -0.3 is 20.8 Å². The molecule has 0 unspecified atom stereocenters. The summed E-state index contributed by atoms with van der Waals surface area (Å²) in [6.45, 7) is 2.60. The van der Waals surface area contributed by atoms with E-state index in [1.54, 1.807) is 13.8 Å². The molecule has 1 aromatic rings. The number of nitrogens with zero attached hydrogens (tertiary/aromatic N) is 4. The predicted octanol–water partition coefficient (Wildman–Crippen LogP) is -0.603. The van der Waals surface area contributed by atoms with E-state index in [1.807, 2.05) is 0 Å². The minimum absolute atomic E-state index is 0.136. The van der Waals surface area contributed by atoms with E-state index >= 15 is 0 Å². The Kier molecular flexibility index (Phi) is 5.55. The van der Waals surface area contributed by atoms with Gasteiger partial charge in [-0.25, -0.2) is 4.79 Å². The van der Waals surface area contributed by atoms with E-state index in [9.17, 15) is 4.79 Å². The quantitative estimate of drug-likeness (QED) is 0.359. The molecule has 1 heterocycles. The molecule has 1 aromatic heterocycles. The van der Waals surface area contributed by atoms with E-state index in [4.69, 9.17) is 20.8 Å². The molecule has 0 radical (unpaired) electrons. The maximum absolute atomic E-state index is 11.8. The first kappa shape index (κ1) is 15.2. The van der Waals surface area contributed by atoms with Crippen molar-refractivity contribution >= 4 is 5.82 Å². The number of aliphatic hydroxyl groups excluding tert-OH is 2. The van der Waals surface area contributed by atoms with Crippen LogP contribution in [0, 0.1) is 6.92 Å². The third-order valence-corrected chi connectivity index (χ3v) is 2.45. The fourth-order valence-corrected chi connectivity index (χ4v) is 1.46. The summed E-state index contributed by atoms with van der Waals surface area (Å²) < 4.78 is 6.54. The first-order valence-corrected chi connectivity index (χ1v) is 5.61. The Morgan fingerprint density at radius 1 is 1.53 bits per heavy atom. The van der Waals surface area contributed by atoms with Gasteiger partial charge in [-0.3, -0.25) is 4.57 Å². The highest BCUT2D eigenvalue weighted by atomic mass is 16.5. The van der Waals surface area contributed by atoms with Crippen molar-refractivity contribution < 1.29 is 14.9 Å². The number of aryl methyl sites for hydroxylation is 1. The van der Waals surface area contributed by atoms with Crippen LogP contribution in [0.1, 0.15) is 18.7 Å². The van der Waals surface area contributed by atoms with Crippen LogP contribution in [-0.2, 0) is 4.74 Å². The number of aliphatic hydroxyl groups is 2. The lowest BCUT2D eigenvalue weighted by Crippen LogP contribution is -2.32. The molecule has 9 heteroatoms. The summed E-state index contributed by atoms with van der Waals surface area (Å²) in [7, 11) is 0. The molecule has 4 N–H and O–H groups in total. The van der Waals surface area contributed by atoms with E-state index in [0.717, 1.165) is 0 Å². The fraction of sp³-hybridized carbons (Fsp3) is 0.600. The van der Waals surface area contributed by atoms with Crippen LogP contribution in [0.15, 0.2) is 21.3 Å². The molecule has 19 heavy (non-hydrogen) atoms. The number of rotatable bonds is 6. The SMILES string of the molecule is Cc1cn([C@@H](C)OC(CO)CO)c(=O)nc1N=NN. The van der Waals surface area contributed by atoms with Gasteiger partial charge in [-0.2, -0.15) is 4.98 Å². The predicted molar refractivity (Wildman–Crippen MR) is 65.7 cm³/mol. The molecule has 0 aliphatic heterocycles. The van der Waals surface area contributed by atoms with Crippen LogP contribution in [-0.4, -0.2) is 39.1 Å². The normalized spacial score (nSPS) is 13.3. The highest BCUT2D eigenvalue weighted by Gasteiger charge is 2.15. The summed E-state index contributed by atoms with van der Waals surface area (Å²) in [5.74, 6) is 5.04. The average molecular weight is 271 g/mol. The first-order chi connectivity index (χ1) is 9.03. The van der Waals surface area contributed by atoms with Gasteiger partial charge in [-0.1, -0.05) is 5.22 Å². The average Bonchev–Trinajstić information content (AvgIpc) is 2.39. The monoisotopic (exact) mass is 271 g/mol. The van der Waals surface area contributed by atoms with Gasteiger partial charge in [0.05, 0.1) is 13.2 Å². The highest BCUT2D eigenvalue weighted by Crippen LogP contribution is 2.15. The Morgan fingerprint density at radius 2 is 2.16 bits per heavy atom. The standard InChI is InChI=1S/C10H17N5O4/c1-6-3-15(7(2)19-8(4-16)5-17)10(18)12-9(6)13-14-11/h3,7-8,16-17H,4-5H2,1-2H3,(H2,11,12,13,18)/t7-/m1/s1. The van der Waals surface area contributed by atoms with Crippen LogP contribution in [0.25, 0.3) is 0 Å². The van der Waals surface area contributed by atoms with Gasteiger partial charge in [0, 0.05) is 11.8 Å². The highest BCUT2D eigenvalue weighted by molar-refractivity contribution is 5.33. The maximum atomic E-state index is 11.8. The lowest BCUT2D eigenvalue weighted by molar-refractivity contribution is -0.0870. The Hall–Kier alpha value is -1.84. The number of hydrogen-bond acceptors (Lipinski definition) is 7. The molecule has 0 bridgehead atoms. The lowest BCUT2D eigenvalue weighted by atomic mass is 10.3. The van der Waals surface area contributed by atoms with Crippen molar-refractivity contribution in [2.24, 2.45) is 16.2 Å². The van der Waals surface area contributed by atoms with Crippen LogP contribution in [0.2, 0.25) is 0 Å². The zero-order chi connectivity index (χ0) is 14.4. The summed E-state index contributed by atoms with van der Waals surface area (Å²) in [5.41, 5.74) is 0.00364. The van der Waals surface area contributed by atoms with Crippen molar-refractivity contribution in [1.82, 2.24) is 9.55 Å². The summed E-state index contributed by atoms with van der Waals surface area (Å²) >= 11 is 0. The molecule has 0 spiro atoms. The summed E-state index contributed by atoms with van der Waals surface area (Å²) in [4.78, 5) is 15.5. The molecule has 0 fully saturated rings. The van der Waals surface area contributed by atoms with Crippen molar-refractivity contribution in [3.8, 4) is 0 Å². The van der Waals surface area contributed by atoms with E-state index in [-0.39, 0.29) is 19.0 Å². The summed E-state index contributed by atoms with van der Waals surface area (Å²) in [5, 5.41) is 24.5. The molecule has 9 nitrogen and oxygen atoms in total. The number of hydrogen-bond donors (Lipinski definition) is 3. The van der Waals surface area contributed by atoms with Crippen LogP contribution < -0.4 is 11.5 Å². The third-order valence-electron chi connectivity index (χ3n) is 2.45. The lowest BCUT2D eigenvalue weighted by Gasteiger charge is -2.21. The van der Waals surface area contributed by atoms with Gasteiger partial charge in [0.2, 0.25) is 0 Å². The van der Waals surface area contributed by atoms with Crippen LogP contribution in [0.4, 0.5) is 5.82 Å². The molecule has 106 valence electrons. The van der Waals surface area contributed by atoms with Crippen molar-refractivity contribution in [2.45, 2.75) is 26.2 Å². The molecule has 0 amide bonds. The second kappa shape index (κ2) is 6.92. The van der Waals surface area contributed by atoms with Crippen molar-refractivity contribution in [3.05, 3.63) is 22.2 Å². The van der Waals surface area contributed by atoms with Gasteiger partial charge in [0.25, 0.3) is 0 Å². The Bertz CT molecular complexity index is 497.